The van der Waals surface area contributed by atoms with Gasteiger partial charge in [0, 0.05) is 57.4 Å². The second-order valence-corrected chi connectivity index (χ2v) is 10.5. The van der Waals surface area contributed by atoms with Crippen LogP contribution in [0.15, 0.2) is 79.0 Å². The Kier molecular flexibility index (Phi) is 7.78. The predicted octanol–water partition coefficient (Wildman–Crippen LogP) is 7.20. The Hall–Kier alpha value is -2.63. The normalized spacial score (nSPS) is 17.9. The number of carbonyl (C=O) groups excluding carboxylic acids is 1. The van der Waals surface area contributed by atoms with Gasteiger partial charge in [-0.25, -0.2) is 0 Å². The van der Waals surface area contributed by atoms with Crippen molar-refractivity contribution in [2.75, 3.05) is 6.54 Å². The first-order chi connectivity index (χ1) is 17.5. The minimum absolute atomic E-state index is 0.0249. The number of hydrogen-bond donors (Lipinski definition) is 1. The first-order valence-electron chi connectivity index (χ1n) is 12.0. The van der Waals surface area contributed by atoms with Gasteiger partial charge in [-0.05, 0) is 72.9 Å². The standard InChI is InChI=1S/C29H26Cl3N3O/c30-22-7-5-19(6-8-22)13-26-17-25(34-18-20-9-11-33-28-4-2-1-3-27(20)28)10-12-35(26)29(36)21-14-23(31)16-24(32)15-21/h1-9,11,14-16,25-26,34H,10,12-13,17-18H2. The summed E-state index contributed by atoms with van der Waals surface area (Å²) in [6, 6.07) is 23.4. The Morgan fingerprint density at radius 1 is 0.944 bits per heavy atom. The molecule has 5 rings (SSSR count). The Morgan fingerprint density at radius 3 is 2.47 bits per heavy atom. The first kappa shape index (κ1) is 25.0. The van der Waals surface area contributed by atoms with Crippen molar-refractivity contribution in [1.29, 1.82) is 0 Å². The molecule has 0 radical (unpaired) electrons. The third-order valence-electron chi connectivity index (χ3n) is 6.79. The van der Waals surface area contributed by atoms with Gasteiger partial charge in [-0.3, -0.25) is 9.78 Å². The molecule has 2 heterocycles. The maximum absolute atomic E-state index is 13.6. The molecule has 1 N–H and O–H groups in total. The van der Waals surface area contributed by atoms with Crippen molar-refractivity contribution in [3.8, 4) is 0 Å². The van der Waals surface area contributed by atoms with Gasteiger partial charge in [-0.1, -0.05) is 65.1 Å². The number of likely N-dealkylation sites (tertiary alicyclic amines) is 1. The fourth-order valence-electron chi connectivity index (χ4n) is 5.00. The van der Waals surface area contributed by atoms with Gasteiger partial charge in [0.2, 0.25) is 0 Å². The molecule has 1 fully saturated rings. The number of para-hydroxylation sites is 1. The molecule has 1 aliphatic heterocycles. The number of halogens is 3. The number of nitrogens with one attached hydrogen (secondary N) is 1. The fourth-order valence-corrected chi connectivity index (χ4v) is 5.65. The lowest BCUT2D eigenvalue weighted by Gasteiger charge is -2.40. The number of nitrogens with zero attached hydrogens (tertiary/aromatic N) is 2. The second-order valence-electron chi connectivity index (χ2n) is 9.23. The van der Waals surface area contributed by atoms with Crippen LogP contribution in [-0.4, -0.2) is 34.4 Å². The molecule has 0 aliphatic carbocycles. The van der Waals surface area contributed by atoms with Crippen molar-refractivity contribution in [2.45, 2.75) is 37.9 Å². The van der Waals surface area contributed by atoms with E-state index in [9.17, 15) is 4.79 Å². The summed E-state index contributed by atoms with van der Waals surface area (Å²) in [6.07, 6.45) is 4.31. The number of fused-ring (bicyclic) bond motifs is 1. The van der Waals surface area contributed by atoms with E-state index in [4.69, 9.17) is 34.8 Å². The molecule has 1 aliphatic rings. The van der Waals surface area contributed by atoms with Crippen LogP contribution in [0.1, 0.15) is 34.3 Å². The minimum atomic E-state index is -0.0445. The van der Waals surface area contributed by atoms with Gasteiger partial charge >= 0.3 is 0 Å². The summed E-state index contributed by atoms with van der Waals surface area (Å²) in [5.74, 6) is -0.0445. The molecule has 3 aromatic carbocycles. The molecule has 4 nitrogen and oxygen atoms in total. The average Bonchev–Trinajstić information content (AvgIpc) is 2.88. The lowest BCUT2D eigenvalue weighted by Crippen LogP contribution is -2.51. The predicted molar refractivity (Wildman–Crippen MR) is 148 cm³/mol. The average molecular weight is 539 g/mol. The zero-order valence-corrected chi connectivity index (χ0v) is 21.9. The Morgan fingerprint density at radius 2 is 1.69 bits per heavy atom. The van der Waals surface area contributed by atoms with E-state index >= 15 is 0 Å². The summed E-state index contributed by atoms with van der Waals surface area (Å²) in [7, 11) is 0. The number of aromatic nitrogens is 1. The molecular weight excluding hydrogens is 513 g/mol. The molecule has 184 valence electrons. The molecule has 7 heteroatoms. The molecule has 0 spiro atoms. The Bertz CT molecular complexity index is 1350. The Labute approximate surface area is 226 Å². The van der Waals surface area contributed by atoms with Crippen LogP contribution >= 0.6 is 34.8 Å². The van der Waals surface area contributed by atoms with Crippen molar-refractivity contribution in [3.05, 3.63) is 111 Å². The summed E-state index contributed by atoms with van der Waals surface area (Å²) < 4.78 is 0. The van der Waals surface area contributed by atoms with Crippen molar-refractivity contribution >= 4 is 51.6 Å². The highest BCUT2D eigenvalue weighted by atomic mass is 35.5. The van der Waals surface area contributed by atoms with Gasteiger partial charge in [0.1, 0.15) is 0 Å². The molecular formula is C29H26Cl3N3O. The first-order valence-corrected chi connectivity index (χ1v) is 13.2. The number of piperidine rings is 1. The molecule has 0 saturated carbocycles. The number of benzene rings is 3. The van der Waals surface area contributed by atoms with Crippen LogP contribution in [0.5, 0.6) is 0 Å². The van der Waals surface area contributed by atoms with Crippen molar-refractivity contribution in [1.82, 2.24) is 15.2 Å². The van der Waals surface area contributed by atoms with Crippen LogP contribution in [0, 0.1) is 0 Å². The fraction of sp³-hybridized carbons (Fsp3) is 0.241. The zero-order valence-electron chi connectivity index (χ0n) is 19.6. The second kappa shape index (κ2) is 11.2. The molecule has 2 atom stereocenters. The monoisotopic (exact) mass is 537 g/mol. The number of amides is 1. The van der Waals surface area contributed by atoms with E-state index in [1.807, 2.05) is 53.6 Å². The van der Waals surface area contributed by atoms with E-state index in [1.54, 1.807) is 18.2 Å². The number of pyridine rings is 1. The lowest BCUT2D eigenvalue weighted by molar-refractivity contribution is 0.0576. The third kappa shape index (κ3) is 5.84. The number of rotatable bonds is 6. The smallest absolute Gasteiger partial charge is 0.254 e. The maximum Gasteiger partial charge on any atom is 0.254 e. The van der Waals surface area contributed by atoms with Gasteiger partial charge in [-0.15, -0.1) is 0 Å². The number of carbonyl (C=O) groups is 1. The zero-order chi connectivity index (χ0) is 25.1. The highest BCUT2D eigenvalue weighted by Gasteiger charge is 2.32. The molecule has 2 unspecified atom stereocenters. The summed E-state index contributed by atoms with van der Waals surface area (Å²) >= 11 is 18.5. The minimum Gasteiger partial charge on any atom is -0.335 e. The van der Waals surface area contributed by atoms with Gasteiger partial charge in [0.15, 0.2) is 0 Å². The van der Waals surface area contributed by atoms with Crippen LogP contribution in [-0.2, 0) is 13.0 Å². The van der Waals surface area contributed by atoms with Crippen LogP contribution in [0.2, 0.25) is 15.1 Å². The molecule has 1 amide bonds. The molecule has 36 heavy (non-hydrogen) atoms. The topological polar surface area (TPSA) is 45.2 Å². The van der Waals surface area contributed by atoms with Crippen LogP contribution in [0.4, 0.5) is 0 Å². The molecule has 0 bridgehead atoms. The number of hydrogen-bond acceptors (Lipinski definition) is 3. The van der Waals surface area contributed by atoms with E-state index in [0.717, 1.165) is 42.3 Å². The summed E-state index contributed by atoms with van der Waals surface area (Å²) in [6.45, 7) is 1.40. The van der Waals surface area contributed by atoms with Crippen LogP contribution < -0.4 is 5.32 Å². The highest BCUT2D eigenvalue weighted by Crippen LogP contribution is 2.27. The third-order valence-corrected chi connectivity index (χ3v) is 7.48. The van der Waals surface area contributed by atoms with E-state index in [-0.39, 0.29) is 18.0 Å². The van der Waals surface area contributed by atoms with Gasteiger partial charge < -0.3 is 10.2 Å². The van der Waals surface area contributed by atoms with Crippen molar-refractivity contribution in [3.63, 3.8) is 0 Å². The quantitative estimate of drug-likeness (QED) is 0.282. The summed E-state index contributed by atoms with van der Waals surface area (Å²) in [4.78, 5) is 20.0. The molecule has 1 saturated heterocycles. The summed E-state index contributed by atoms with van der Waals surface area (Å²) in [5, 5.41) is 6.53. The highest BCUT2D eigenvalue weighted by molar-refractivity contribution is 6.35. The van der Waals surface area contributed by atoms with Gasteiger partial charge in [0.05, 0.1) is 5.52 Å². The van der Waals surface area contributed by atoms with Crippen molar-refractivity contribution in [2.24, 2.45) is 0 Å². The van der Waals surface area contributed by atoms with E-state index in [0.29, 0.717) is 27.2 Å². The Balaban J connectivity index is 1.35. The van der Waals surface area contributed by atoms with Crippen LogP contribution in [0.25, 0.3) is 10.9 Å². The van der Waals surface area contributed by atoms with E-state index in [1.165, 1.54) is 5.56 Å². The summed E-state index contributed by atoms with van der Waals surface area (Å²) in [5.41, 5.74) is 3.88. The van der Waals surface area contributed by atoms with E-state index < -0.39 is 0 Å². The maximum atomic E-state index is 13.6. The SMILES string of the molecule is O=C(c1cc(Cl)cc(Cl)c1)N1CCC(NCc2ccnc3ccccc23)CC1Cc1ccc(Cl)cc1. The van der Waals surface area contributed by atoms with E-state index in [2.05, 4.69) is 22.4 Å². The molecule has 4 aromatic rings. The van der Waals surface area contributed by atoms with Gasteiger partial charge in [-0.2, -0.15) is 0 Å². The molecule has 1 aromatic heterocycles. The largest absolute Gasteiger partial charge is 0.335 e. The van der Waals surface area contributed by atoms with Gasteiger partial charge in [0.25, 0.3) is 5.91 Å². The van der Waals surface area contributed by atoms with Crippen molar-refractivity contribution < 1.29 is 4.79 Å². The van der Waals surface area contributed by atoms with Crippen LogP contribution in [0.3, 0.4) is 0 Å². The lowest BCUT2D eigenvalue weighted by atomic mass is 9.91.